The summed E-state index contributed by atoms with van der Waals surface area (Å²) in [5, 5.41) is 0. The first kappa shape index (κ1) is 21.7. The van der Waals surface area contributed by atoms with Gasteiger partial charge in [-0.2, -0.15) is 0 Å². The molecule has 1 aromatic carbocycles. The van der Waals surface area contributed by atoms with E-state index in [-0.39, 0.29) is 0 Å². The Hall–Kier alpha value is -1.31. The highest BCUT2D eigenvalue weighted by molar-refractivity contribution is 5.75. The summed E-state index contributed by atoms with van der Waals surface area (Å²) >= 11 is 0. The molecule has 0 bridgehead atoms. The van der Waals surface area contributed by atoms with Gasteiger partial charge in [0, 0.05) is 5.56 Å². The molecule has 0 aliphatic carbocycles. The average Bonchev–Trinajstić information content (AvgIpc) is 2.65. The summed E-state index contributed by atoms with van der Waals surface area (Å²) in [6.45, 7) is 3.03. The molecule has 0 radical (unpaired) electrons. The second-order valence-electron chi connectivity index (χ2n) is 7.13. The summed E-state index contributed by atoms with van der Waals surface area (Å²) in [6.07, 6.45) is 20.0. The fraction of sp³-hybridized carbons (Fsp3) is 0.696. The van der Waals surface area contributed by atoms with Gasteiger partial charge in [0.25, 0.3) is 0 Å². The molecule has 0 fully saturated rings. The van der Waals surface area contributed by atoms with Gasteiger partial charge in [-0.3, -0.25) is 4.79 Å². The van der Waals surface area contributed by atoms with Gasteiger partial charge in [-0.1, -0.05) is 103 Å². The number of unbranched alkanes of at least 4 members (excludes halogenated alkanes) is 13. The van der Waals surface area contributed by atoms with Crippen molar-refractivity contribution in [1.29, 1.82) is 0 Å². The lowest BCUT2D eigenvalue weighted by atomic mass is 10.0. The minimum Gasteiger partial charge on any atom is -0.494 e. The van der Waals surface area contributed by atoms with Crippen molar-refractivity contribution >= 4 is 6.29 Å². The maximum absolute atomic E-state index is 10.7. The summed E-state index contributed by atoms with van der Waals surface area (Å²) in [4.78, 5) is 10.7. The lowest BCUT2D eigenvalue weighted by Crippen LogP contribution is -1.97. The largest absolute Gasteiger partial charge is 0.494 e. The van der Waals surface area contributed by atoms with Crippen molar-refractivity contribution in [2.24, 2.45) is 0 Å². The zero-order chi connectivity index (χ0) is 18.0. The highest BCUT2D eigenvalue weighted by atomic mass is 16.5. The lowest BCUT2D eigenvalue weighted by molar-refractivity contribution is 0.112. The molecule has 0 saturated heterocycles. The fourth-order valence-corrected chi connectivity index (χ4v) is 3.16. The Kier molecular flexibility index (Phi) is 14.1. The van der Waals surface area contributed by atoms with Crippen LogP contribution in [0.2, 0.25) is 0 Å². The smallest absolute Gasteiger partial charge is 0.150 e. The monoisotopic (exact) mass is 346 g/mol. The van der Waals surface area contributed by atoms with Crippen LogP contribution in [0.25, 0.3) is 0 Å². The molecule has 0 N–H and O–H groups in total. The van der Waals surface area contributed by atoms with Crippen molar-refractivity contribution in [2.75, 3.05) is 6.61 Å². The molecule has 0 heterocycles. The van der Waals surface area contributed by atoms with E-state index in [4.69, 9.17) is 4.74 Å². The van der Waals surface area contributed by atoms with Gasteiger partial charge >= 0.3 is 0 Å². The Balaban J connectivity index is 1.81. The molecule has 1 aromatic rings. The van der Waals surface area contributed by atoms with E-state index in [0.717, 1.165) is 25.1 Å². The first-order chi connectivity index (χ1) is 12.4. The van der Waals surface area contributed by atoms with Crippen LogP contribution in [-0.4, -0.2) is 12.9 Å². The first-order valence-corrected chi connectivity index (χ1v) is 10.5. The van der Waals surface area contributed by atoms with Crippen LogP contribution in [0.4, 0.5) is 0 Å². The van der Waals surface area contributed by atoms with E-state index in [1.807, 2.05) is 12.1 Å². The molecule has 0 saturated carbocycles. The highest BCUT2D eigenvalue weighted by Gasteiger charge is 1.97. The predicted molar refractivity (Wildman–Crippen MR) is 108 cm³/mol. The Morgan fingerprint density at radius 1 is 0.760 bits per heavy atom. The molecule has 2 heteroatoms. The molecule has 0 amide bonds. The molecule has 142 valence electrons. The SMILES string of the molecule is CCCCCCCCCCCCCCCCOc1cccc(C=O)c1. The summed E-state index contributed by atoms with van der Waals surface area (Å²) < 4.78 is 5.70. The number of hydrogen-bond donors (Lipinski definition) is 0. The van der Waals surface area contributed by atoms with Crippen molar-refractivity contribution in [2.45, 2.75) is 96.8 Å². The third-order valence-electron chi connectivity index (χ3n) is 4.76. The molecular weight excluding hydrogens is 308 g/mol. The maximum Gasteiger partial charge on any atom is 0.150 e. The van der Waals surface area contributed by atoms with Gasteiger partial charge in [-0.15, -0.1) is 0 Å². The fourth-order valence-electron chi connectivity index (χ4n) is 3.16. The molecule has 0 aliphatic rings. The van der Waals surface area contributed by atoms with Crippen molar-refractivity contribution in [3.05, 3.63) is 29.8 Å². The second kappa shape index (κ2) is 16.2. The van der Waals surface area contributed by atoms with E-state index in [2.05, 4.69) is 6.92 Å². The molecule has 0 spiro atoms. The van der Waals surface area contributed by atoms with E-state index in [1.165, 1.54) is 83.5 Å². The Morgan fingerprint density at radius 3 is 1.80 bits per heavy atom. The zero-order valence-corrected chi connectivity index (χ0v) is 16.3. The van der Waals surface area contributed by atoms with Crippen molar-refractivity contribution in [3.8, 4) is 5.75 Å². The van der Waals surface area contributed by atoms with Gasteiger partial charge in [0.05, 0.1) is 6.61 Å². The lowest BCUT2D eigenvalue weighted by Gasteiger charge is -2.06. The van der Waals surface area contributed by atoms with Gasteiger partial charge in [0.1, 0.15) is 12.0 Å². The molecule has 0 atom stereocenters. The minimum atomic E-state index is 0.679. The molecule has 2 nitrogen and oxygen atoms in total. The normalized spacial score (nSPS) is 10.8. The number of carbonyl (C=O) groups excluding carboxylic acids is 1. The van der Waals surface area contributed by atoms with E-state index in [9.17, 15) is 4.79 Å². The van der Waals surface area contributed by atoms with Crippen LogP contribution in [0.3, 0.4) is 0 Å². The quantitative estimate of drug-likeness (QED) is 0.217. The van der Waals surface area contributed by atoms with Crippen LogP contribution in [0, 0.1) is 0 Å². The standard InChI is InChI=1S/C23H38O2/c1-2-3-4-5-6-7-8-9-10-11-12-13-14-15-19-25-23-18-16-17-22(20-23)21-24/h16-18,20-21H,2-15,19H2,1H3. The molecule has 0 aromatic heterocycles. The van der Waals surface area contributed by atoms with Gasteiger partial charge in [-0.25, -0.2) is 0 Å². The molecule has 1 rings (SSSR count). The van der Waals surface area contributed by atoms with E-state index < -0.39 is 0 Å². The third-order valence-corrected chi connectivity index (χ3v) is 4.76. The number of carbonyl (C=O) groups is 1. The highest BCUT2D eigenvalue weighted by Crippen LogP contribution is 2.14. The number of hydrogen-bond acceptors (Lipinski definition) is 2. The van der Waals surface area contributed by atoms with Crippen molar-refractivity contribution < 1.29 is 9.53 Å². The maximum atomic E-state index is 10.7. The average molecular weight is 347 g/mol. The minimum absolute atomic E-state index is 0.679. The second-order valence-corrected chi connectivity index (χ2v) is 7.13. The van der Waals surface area contributed by atoms with Gasteiger partial charge < -0.3 is 4.74 Å². The Labute approximate surface area is 155 Å². The summed E-state index contributed by atoms with van der Waals surface area (Å²) in [5.41, 5.74) is 0.679. The summed E-state index contributed by atoms with van der Waals surface area (Å²) in [5.74, 6) is 0.805. The Morgan fingerprint density at radius 2 is 1.28 bits per heavy atom. The van der Waals surface area contributed by atoms with Crippen LogP contribution in [0.15, 0.2) is 24.3 Å². The van der Waals surface area contributed by atoms with Gasteiger partial charge in [0.15, 0.2) is 0 Å². The zero-order valence-electron chi connectivity index (χ0n) is 16.3. The van der Waals surface area contributed by atoms with E-state index >= 15 is 0 Å². The molecular formula is C23H38O2. The third kappa shape index (κ3) is 12.7. The van der Waals surface area contributed by atoms with E-state index in [0.29, 0.717) is 5.56 Å². The van der Waals surface area contributed by atoms with Crippen LogP contribution in [-0.2, 0) is 0 Å². The van der Waals surface area contributed by atoms with Crippen LogP contribution >= 0.6 is 0 Å². The molecule has 0 unspecified atom stereocenters. The number of ether oxygens (including phenoxy) is 1. The van der Waals surface area contributed by atoms with Crippen LogP contribution in [0.5, 0.6) is 5.75 Å². The summed E-state index contributed by atoms with van der Waals surface area (Å²) in [7, 11) is 0. The van der Waals surface area contributed by atoms with Crippen molar-refractivity contribution in [3.63, 3.8) is 0 Å². The van der Waals surface area contributed by atoms with Gasteiger partial charge in [-0.05, 0) is 18.6 Å². The van der Waals surface area contributed by atoms with Crippen LogP contribution < -0.4 is 4.74 Å². The molecule has 25 heavy (non-hydrogen) atoms. The summed E-state index contributed by atoms with van der Waals surface area (Å²) in [6, 6.07) is 7.38. The number of rotatable bonds is 17. The van der Waals surface area contributed by atoms with Crippen molar-refractivity contribution in [1.82, 2.24) is 0 Å². The predicted octanol–water partition coefficient (Wildman–Crippen LogP) is 7.36. The number of benzene rings is 1. The Bertz CT molecular complexity index is 428. The first-order valence-electron chi connectivity index (χ1n) is 10.5. The molecule has 0 aliphatic heterocycles. The van der Waals surface area contributed by atoms with Crippen LogP contribution in [0.1, 0.15) is 107 Å². The van der Waals surface area contributed by atoms with Gasteiger partial charge in [0.2, 0.25) is 0 Å². The van der Waals surface area contributed by atoms with E-state index in [1.54, 1.807) is 12.1 Å². The topological polar surface area (TPSA) is 26.3 Å². The number of aldehydes is 1.